The highest BCUT2D eigenvalue weighted by Crippen LogP contribution is 2.02. The van der Waals surface area contributed by atoms with Crippen LogP contribution < -0.4 is 11.1 Å². The normalized spacial score (nSPS) is 12.8. The molecule has 0 spiro atoms. The first-order valence-corrected chi connectivity index (χ1v) is 6.27. The van der Waals surface area contributed by atoms with Crippen LogP contribution in [-0.4, -0.2) is 47.0 Å². The van der Waals surface area contributed by atoms with Crippen LogP contribution in [0, 0.1) is 17.2 Å². The molecule has 8 nitrogen and oxygen atoms in total. The van der Waals surface area contributed by atoms with Crippen molar-refractivity contribution in [3.8, 4) is 6.07 Å². The summed E-state index contributed by atoms with van der Waals surface area (Å²) in [5.41, 5.74) is 4.95. The third-order valence-electron chi connectivity index (χ3n) is 2.66. The number of amides is 3. The van der Waals surface area contributed by atoms with Gasteiger partial charge in [0.05, 0.1) is 12.0 Å². The Kier molecular flexibility index (Phi) is 7.74. The molecule has 20 heavy (non-hydrogen) atoms. The lowest BCUT2D eigenvalue weighted by Gasteiger charge is -2.24. The van der Waals surface area contributed by atoms with Crippen LogP contribution in [0.2, 0.25) is 0 Å². The van der Waals surface area contributed by atoms with Crippen molar-refractivity contribution in [2.75, 3.05) is 13.1 Å². The molecule has 112 valence electrons. The molecule has 0 aliphatic heterocycles. The van der Waals surface area contributed by atoms with E-state index in [1.54, 1.807) is 13.8 Å². The zero-order valence-electron chi connectivity index (χ0n) is 11.6. The van der Waals surface area contributed by atoms with Crippen molar-refractivity contribution in [3.05, 3.63) is 0 Å². The lowest BCUT2D eigenvalue weighted by atomic mass is 10.1. The van der Waals surface area contributed by atoms with E-state index >= 15 is 0 Å². The van der Waals surface area contributed by atoms with Gasteiger partial charge in [-0.3, -0.25) is 4.79 Å². The van der Waals surface area contributed by atoms with Crippen molar-refractivity contribution in [3.63, 3.8) is 0 Å². The topological polar surface area (TPSA) is 137 Å². The Labute approximate surface area is 117 Å². The van der Waals surface area contributed by atoms with Crippen molar-refractivity contribution in [1.82, 2.24) is 10.2 Å². The number of urea groups is 1. The first-order valence-electron chi connectivity index (χ1n) is 6.27. The molecule has 0 aromatic carbocycles. The van der Waals surface area contributed by atoms with Gasteiger partial charge in [-0.1, -0.05) is 0 Å². The van der Waals surface area contributed by atoms with Crippen molar-refractivity contribution >= 4 is 17.9 Å². The number of nitrogens with one attached hydrogen (secondary N) is 1. The highest BCUT2D eigenvalue weighted by atomic mass is 16.4. The molecule has 0 heterocycles. The smallest absolute Gasteiger partial charge is 0.326 e. The molecular weight excluding hydrogens is 264 g/mol. The molecule has 0 bridgehead atoms. The van der Waals surface area contributed by atoms with Crippen molar-refractivity contribution in [2.24, 2.45) is 11.7 Å². The highest BCUT2D eigenvalue weighted by Gasteiger charge is 2.23. The van der Waals surface area contributed by atoms with Crippen LogP contribution in [0.25, 0.3) is 0 Å². The molecule has 0 saturated heterocycles. The van der Waals surface area contributed by atoms with Crippen LogP contribution in [0.5, 0.6) is 0 Å². The Balaban J connectivity index is 4.60. The number of carbonyl (C=O) groups excluding carboxylic acids is 2. The van der Waals surface area contributed by atoms with Gasteiger partial charge >= 0.3 is 12.0 Å². The average Bonchev–Trinajstić information content (AvgIpc) is 2.39. The van der Waals surface area contributed by atoms with Crippen LogP contribution in [-0.2, 0) is 9.59 Å². The molecule has 0 radical (unpaired) electrons. The largest absolute Gasteiger partial charge is 0.480 e. The summed E-state index contributed by atoms with van der Waals surface area (Å²) in [6, 6.07) is 0.245. The van der Waals surface area contributed by atoms with Gasteiger partial charge in [-0.2, -0.15) is 5.26 Å². The summed E-state index contributed by atoms with van der Waals surface area (Å²) in [6.07, 6.45) is -0.195. The fraction of sp³-hybridized carbons (Fsp3) is 0.667. The number of nitrogens with zero attached hydrogens (tertiary/aromatic N) is 2. The van der Waals surface area contributed by atoms with Gasteiger partial charge in [0.15, 0.2) is 0 Å². The maximum absolute atomic E-state index is 11.9. The van der Waals surface area contributed by atoms with E-state index in [9.17, 15) is 14.4 Å². The first kappa shape index (κ1) is 17.7. The molecular formula is C12H20N4O4. The number of carboxylic acids is 1. The summed E-state index contributed by atoms with van der Waals surface area (Å²) in [4.78, 5) is 34.9. The molecule has 0 aliphatic rings. The Hall–Kier alpha value is -2.30. The standard InChI is InChI=1S/C12H20N4O4/c1-3-16(7-8(2)6-13)12(20)15-9(11(18)19)4-5-10(14)17/h8-9H,3-5,7H2,1-2H3,(H2,14,17)(H,15,20)(H,18,19). The summed E-state index contributed by atoms with van der Waals surface area (Å²) in [5.74, 6) is -2.21. The number of carboxylic acid groups (broad SMARTS) is 1. The van der Waals surface area contributed by atoms with Crippen molar-refractivity contribution in [1.29, 1.82) is 5.26 Å². The second-order valence-corrected chi connectivity index (χ2v) is 4.41. The first-order chi connectivity index (χ1) is 9.31. The number of hydrogen-bond donors (Lipinski definition) is 3. The van der Waals surface area contributed by atoms with Gasteiger partial charge in [0, 0.05) is 19.5 Å². The average molecular weight is 284 g/mol. The second kappa shape index (κ2) is 8.74. The van der Waals surface area contributed by atoms with Crippen molar-refractivity contribution < 1.29 is 19.5 Å². The maximum atomic E-state index is 11.9. The minimum absolute atomic E-state index is 0.0677. The summed E-state index contributed by atoms with van der Waals surface area (Å²) >= 11 is 0. The number of nitriles is 1. The van der Waals surface area contributed by atoms with Gasteiger partial charge in [0.25, 0.3) is 0 Å². The Morgan fingerprint density at radius 1 is 1.45 bits per heavy atom. The highest BCUT2D eigenvalue weighted by molar-refractivity contribution is 5.83. The predicted octanol–water partition coefficient (Wildman–Crippen LogP) is -0.104. The van der Waals surface area contributed by atoms with Crippen LogP contribution in [0.15, 0.2) is 0 Å². The fourth-order valence-corrected chi connectivity index (χ4v) is 1.51. The minimum Gasteiger partial charge on any atom is -0.480 e. The predicted molar refractivity (Wildman–Crippen MR) is 70.4 cm³/mol. The summed E-state index contributed by atoms with van der Waals surface area (Å²) < 4.78 is 0. The number of nitrogens with two attached hydrogens (primary N) is 1. The van der Waals surface area contributed by atoms with Gasteiger partial charge < -0.3 is 21.1 Å². The molecule has 0 aromatic rings. The number of rotatable bonds is 8. The van der Waals surface area contributed by atoms with Gasteiger partial charge in [-0.25, -0.2) is 9.59 Å². The monoisotopic (exact) mass is 284 g/mol. The molecule has 0 saturated carbocycles. The number of carbonyl (C=O) groups is 3. The third-order valence-corrected chi connectivity index (χ3v) is 2.66. The molecule has 0 fully saturated rings. The third kappa shape index (κ3) is 6.58. The van der Waals surface area contributed by atoms with E-state index < -0.39 is 23.9 Å². The van der Waals surface area contributed by atoms with E-state index in [1.165, 1.54) is 4.90 Å². The van der Waals surface area contributed by atoms with Gasteiger partial charge in [0.2, 0.25) is 5.91 Å². The van der Waals surface area contributed by atoms with E-state index in [-0.39, 0.29) is 25.3 Å². The fourth-order valence-electron chi connectivity index (χ4n) is 1.51. The molecule has 0 aliphatic carbocycles. The molecule has 3 amide bonds. The number of hydrogen-bond acceptors (Lipinski definition) is 4. The van der Waals surface area contributed by atoms with Gasteiger partial charge in [-0.05, 0) is 20.3 Å². The van der Waals surface area contributed by atoms with Crippen molar-refractivity contribution in [2.45, 2.75) is 32.7 Å². The minimum atomic E-state index is -1.23. The summed E-state index contributed by atoms with van der Waals surface area (Å²) in [5, 5.41) is 20.0. The van der Waals surface area contributed by atoms with E-state index in [1.807, 2.05) is 6.07 Å². The quantitative estimate of drug-likeness (QED) is 0.571. The Bertz CT molecular complexity index is 405. The maximum Gasteiger partial charge on any atom is 0.326 e. The van der Waals surface area contributed by atoms with E-state index in [4.69, 9.17) is 16.1 Å². The summed E-state index contributed by atoms with van der Waals surface area (Å²) in [6.45, 7) is 3.95. The molecule has 2 unspecified atom stereocenters. The van der Waals surface area contributed by atoms with E-state index in [2.05, 4.69) is 5.32 Å². The zero-order valence-corrected chi connectivity index (χ0v) is 11.6. The molecule has 0 rings (SSSR count). The van der Waals surface area contributed by atoms with E-state index in [0.29, 0.717) is 6.54 Å². The van der Waals surface area contributed by atoms with Gasteiger partial charge in [0.1, 0.15) is 6.04 Å². The van der Waals surface area contributed by atoms with Crippen LogP contribution in [0.4, 0.5) is 4.79 Å². The molecule has 4 N–H and O–H groups in total. The molecule has 2 atom stereocenters. The van der Waals surface area contributed by atoms with E-state index in [0.717, 1.165) is 0 Å². The van der Waals surface area contributed by atoms with Crippen LogP contribution >= 0.6 is 0 Å². The Morgan fingerprint density at radius 2 is 2.05 bits per heavy atom. The molecule has 0 aromatic heterocycles. The second-order valence-electron chi connectivity index (χ2n) is 4.41. The SMILES string of the molecule is CCN(CC(C)C#N)C(=O)NC(CCC(N)=O)C(=O)O. The van der Waals surface area contributed by atoms with Crippen LogP contribution in [0.1, 0.15) is 26.7 Å². The zero-order chi connectivity index (χ0) is 15.7. The Morgan fingerprint density at radius 3 is 2.45 bits per heavy atom. The lowest BCUT2D eigenvalue weighted by molar-refractivity contribution is -0.139. The number of primary amides is 1. The molecule has 8 heteroatoms. The number of aliphatic carboxylic acids is 1. The lowest BCUT2D eigenvalue weighted by Crippen LogP contribution is -2.49. The van der Waals surface area contributed by atoms with Crippen LogP contribution in [0.3, 0.4) is 0 Å². The van der Waals surface area contributed by atoms with Gasteiger partial charge in [-0.15, -0.1) is 0 Å². The summed E-state index contributed by atoms with van der Waals surface area (Å²) in [7, 11) is 0.